The van der Waals surface area contributed by atoms with Crippen LogP contribution < -0.4 is 10.6 Å². The van der Waals surface area contributed by atoms with Crippen LogP contribution in [0.2, 0.25) is 0 Å². The van der Waals surface area contributed by atoms with Crippen molar-refractivity contribution < 1.29 is 23.5 Å². The van der Waals surface area contributed by atoms with Crippen LogP contribution in [0.3, 0.4) is 0 Å². The highest BCUT2D eigenvalue weighted by Crippen LogP contribution is 2.59. The third-order valence-corrected chi connectivity index (χ3v) is 6.28. The molecule has 30 heavy (non-hydrogen) atoms. The average Bonchev–Trinajstić information content (AvgIpc) is 3.28. The quantitative estimate of drug-likeness (QED) is 0.679. The van der Waals surface area contributed by atoms with E-state index >= 15 is 0 Å². The fourth-order valence-corrected chi connectivity index (χ4v) is 5.01. The van der Waals surface area contributed by atoms with Gasteiger partial charge < -0.3 is 20.3 Å². The van der Waals surface area contributed by atoms with E-state index in [0.717, 1.165) is 5.56 Å². The number of amides is 3. The molecule has 2 N–H and O–H groups in total. The minimum absolute atomic E-state index is 0.153. The lowest BCUT2D eigenvalue weighted by Crippen LogP contribution is -2.54. The fraction of sp³-hybridized carbons (Fsp3) is 0.409. The second-order valence-corrected chi connectivity index (χ2v) is 8.07. The third kappa shape index (κ3) is 2.78. The number of nitrogens with one attached hydrogen (secondary N) is 2. The highest BCUT2D eigenvalue weighted by atomic mass is 19.1. The summed E-state index contributed by atoms with van der Waals surface area (Å²) in [6.07, 6.45) is 5.07. The van der Waals surface area contributed by atoms with E-state index in [9.17, 15) is 18.8 Å². The van der Waals surface area contributed by atoms with Crippen molar-refractivity contribution in [3.8, 4) is 0 Å². The number of hydrogen-bond donors (Lipinski definition) is 2. The minimum Gasteiger partial charge on any atom is -0.359 e. The highest BCUT2D eigenvalue weighted by Gasteiger charge is 2.75. The van der Waals surface area contributed by atoms with Crippen molar-refractivity contribution in [2.24, 2.45) is 11.8 Å². The SMILES string of the molecule is C=CCN1C(=O)C2C(C(=O)NC)C3(C)C=CC2(O3)C1C(=O)NCc1ccc(F)cc1. The lowest BCUT2D eigenvalue weighted by Gasteiger charge is -2.32. The van der Waals surface area contributed by atoms with Crippen LogP contribution in [0.4, 0.5) is 4.39 Å². The number of nitrogens with zero attached hydrogens (tertiary/aromatic N) is 1. The Kier molecular flexibility index (Phi) is 4.77. The second-order valence-electron chi connectivity index (χ2n) is 8.07. The maximum atomic E-state index is 13.3. The summed E-state index contributed by atoms with van der Waals surface area (Å²) in [6.45, 7) is 5.78. The smallest absolute Gasteiger partial charge is 0.246 e. The Labute approximate surface area is 173 Å². The summed E-state index contributed by atoms with van der Waals surface area (Å²) >= 11 is 0. The molecule has 1 aromatic rings. The first-order valence-corrected chi connectivity index (χ1v) is 9.83. The number of carbonyl (C=O) groups excluding carboxylic acids is 3. The van der Waals surface area contributed by atoms with E-state index in [1.165, 1.54) is 24.1 Å². The van der Waals surface area contributed by atoms with Crippen molar-refractivity contribution in [2.45, 2.75) is 30.7 Å². The van der Waals surface area contributed by atoms with Gasteiger partial charge in [0.1, 0.15) is 17.5 Å². The predicted molar refractivity (Wildman–Crippen MR) is 106 cm³/mol. The second kappa shape index (κ2) is 7.05. The van der Waals surface area contributed by atoms with E-state index in [-0.39, 0.29) is 30.7 Å². The van der Waals surface area contributed by atoms with Crippen molar-refractivity contribution in [3.05, 3.63) is 60.5 Å². The average molecular weight is 413 g/mol. The summed E-state index contributed by atoms with van der Waals surface area (Å²) < 4.78 is 19.4. The van der Waals surface area contributed by atoms with E-state index in [1.807, 2.05) is 0 Å². The molecule has 2 bridgehead atoms. The highest BCUT2D eigenvalue weighted by molar-refractivity contribution is 6.00. The topological polar surface area (TPSA) is 87.7 Å². The lowest BCUT2D eigenvalue weighted by atomic mass is 9.70. The molecule has 2 saturated heterocycles. The van der Waals surface area contributed by atoms with Gasteiger partial charge in [0.05, 0.1) is 17.4 Å². The van der Waals surface area contributed by atoms with Gasteiger partial charge in [0.15, 0.2) is 0 Å². The molecular weight excluding hydrogens is 389 g/mol. The molecule has 3 amide bonds. The van der Waals surface area contributed by atoms with E-state index < -0.39 is 35.0 Å². The molecule has 2 fully saturated rings. The number of fused-ring (bicyclic) bond motifs is 1. The van der Waals surface area contributed by atoms with Crippen molar-refractivity contribution in [1.29, 1.82) is 0 Å². The van der Waals surface area contributed by atoms with Crippen molar-refractivity contribution in [1.82, 2.24) is 15.5 Å². The molecule has 5 unspecified atom stereocenters. The number of benzene rings is 1. The van der Waals surface area contributed by atoms with Gasteiger partial charge in [0, 0.05) is 20.1 Å². The van der Waals surface area contributed by atoms with Gasteiger partial charge in [0.25, 0.3) is 0 Å². The Morgan fingerprint density at radius 3 is 2.60 bits per heavy atom. The van der Waals surface area contributed by atoms with E-state index in [2.05, 4.69) is 17.2 Å². The Hall–Kier alpha value is -3.00. The Morgan fingerprint density at radius 2 is 1.97 bits per heavy atom. The summed E-state index contributed by atoms with van der Waals surface area (Å²) in [7, 11) is 1.52. The van der Waals surface area contributed by atoms with Crippen molar-refractivity contribution in [2.75, 3.05) is 13.6 Å². The largest absolute Gasteiger partial charge is 0.359 e. The maximum Gasteiger partial charge on any atom is 0.246 e. The van der Waals surface area contributed by atoms with E-state index in [1.54, 1.807) is 37.3 Å². The standard InChI is InChI=1S/C22H24FN3O4/c1-4-11-26-17(19(28)25-12-13-5-7-14(23)8-6-13)22-10-9-21(2,30-22)15(18(27)24-3)16(22)20(26)29/h4-10,15-17H,1,11-12H2,2-3H3,(H,24,27)(H,25,28). The number of halogens is 1. The van der Waals surface area contributed by atoms with Crippen LogP contribution in [0.5, 0.6) is 0 Å². The van der Waals surface area contributed by atoms with Gasteiger partial charge in [-0.2, -0.15) is 0 Å². The lowest BCUT2D eigenvalue weighted by molar-refractivity contribution is -0.144. The van der Waals surface area contributed by atoms with Crippen LogP contribution in [0.15, 0.2) is 49.1 Å². The summed E-state index contributed by atoms with van der Waals surface area (Å²) in [4.78, 5) is 40.6. The van der Waals surface area contributed by atoms with Crippen LogP contribution in [-0.2, 0) is 25.7 Å². The molecule has 5 atom stereocenters. The third-order valence-electron chi connectivity index (χ3n) is 6.28. The molecule has 0 aromatic heterocycles. The molecule has 0 saturated carbocycles. The predicted octanol–water partition coefficient (Wildman–Crippen LogP) is 0.915. The zero-order valence-electron chi connectivity index (χ0n) is 16.9. The Balaban J connectivity index is 1.66. The van der Waals surface area contributed by atoms with E-state index in [0.29, 0.717) is 0 Å². The van der Waals surface area contributed by atoms with Gasteiger partial charge in [-0.05, 0) is 24.6 Å². The first-order chi connectivity index (χ1) is 14.3. The van der Waals surface area contributed by atoms with Crippen LogP contribution >= 0.6 is 0 Å². The molecule has 7 nitrogen and oxygen atoms in total. The number of likely N-dealkylation sites (tertiary alicyclic amines) is 1. The number of ether oxygens (including phenoxy) is 1. The van der Waals surface area contributed by atoms with Gasteiger partial charge in [-0.15, -0.1) is 6.58 Å². The van der Waals surface area contributed by atoms with Gasteiger partial charge in [-0.3, -0.25) is 14.4 Å². The monoisotopic (exact) mass is 413 g/mol. The van der Waals surface area contributed by atoms with Crippen molar-refractivity contribution >= 4 is 17.7 Å². The molecule has 158 valence electrons. The van der Waals surface area contributed by atoms with Crippen LogP contribution in [0, 0.1) is 17.7 Å². The summed E-state index contributed by atoms with van der Waals surface area (Å²) in [5, 5.41) is 5.44. The normalized spacial score (nSPS) is 33.5. The molecule has 1 spiro atoms. The molecule has 0 aliphatic carbocycles. The first kappa shape index (κ1) is 20.3. The van der Waals surface area contributed by atoms with Crippen LogP contribution in [-0.4, -0.2) is 53.5 Å². The summed E-state index contributed by atoms with van der Waals surface area (Å²) in [6, 6.07) is 4.86. The summed E-state index contributed by atoms with van der Waals surface area (Å²) in [5.41, 5.74) is -1.46. The van der Waals surface area contributed by atoms with Crippen LogP contribution in [0.25, 0.3) is 0 Å². The zero-order chi connectivity index (χ0) is 21.7. The molecule has 4 rings (SSSR count). The van der Waals surface area contributed by atoms with E-state index in [4.69, 9.17) is 4.74 Å². The fourth-order valence-electron chi connectivity index (χ4n) is 5.01. The zero-order valence-corrected chi connectivity index (χ0v) is 16.9. The van der Waals surface area contributed by atoms with Gasteiger partial charge in [0.2, 0.25) is 17.7 Å². The summed E-state index contributed by atoms with van der Waals surface area (Å²) in [5.74, 6) is -2.90. The molecule has 8 heteroatoms. The molecule has 0 radical (unpaired) electrons. The minimum atomic E-state index is -1.22. The molecule has 1 aromatic carbocycles. The van der Waals surface area contributed by atoms with Gasteiger partial charge in [-0.25, -0.2) is 4.39 Å². The van der Waals surface area contributed by atoms with Crippen molar-refractivity contribution in [3.63, 3.8) is 0 Å². The van der Waals surface area contributed by atoms with Crippen LogP contribution in [0.1, 0.15) is 12.5 Å². The molecular formula is C22H24FN3O4. The first-order valence-electron chi connectivity index (χ1n) is 9.83. The number of hydrogen-bond acceptors (Lipinski definition) is 4. The molecule has 3 aliphatic heterocycles. The Morgan fingerprint density at radius 1 is 1.27 bits per heavy atom. The number of rotatable bonds is 6. The number of carbonyl (C=O) groups is 3. The van der Waals surface area contributed by atoms with Gasteiger partial charge >= 0.3 is 0 Å². The maximum absolute atomic E-state index is 13.3. The molecule has 3 aliphatic rings. The Bertz CT molecular complexity index is 946. The van der Waals surface area contributed by atoms with Gasteiger partial charge in [-0.1, -0.05) is 30.4 Å². The molecule has 3 heterocycles.